The summed E-state index contributed by atoms with van der Waals surface area (Å²) >= 11 is 1.22. The zero-order valence-corrected chi connectivity index (χ0v) is 34.6. The molecule has 0 aliphatic rings. The van der Waals surface area contributed by atoms with Crippen LogP contribution in [0.1, 0.15) is 0 Å². The quantitative estimate of drug-likeness (QED) is 0.0156. The van der Waals surface area contributed by atoms with Crippen LogP contribution >= 0.6 is 24.1 Å². The van der Waals surface area contributed by atoms with Crippen molar-refractivity contribution in [1.29, 1.82) is 0 Å². The van der Waals surface area contributed by atoms with Gasteiger partial charge < -0.3 is 15.5 Å². The minimum atomic E-state index is -4.62. The van der Waals surface area contributed by atoms with Crippen molar-refractivity contribution in [3.63, 3.8) is 0 Å². The van der Waals surface area contributed by atoms with Gasteiger partial charge in [-0.05, 0) is 96.4 Å². The van der Waals surface area contributed by atoms with Gasteiger partial charge in [0.2, 0.25) is 0 Å². The predicted octanol–water partition coefficient (Wildman–Crippen LogP) is 11.7. The molecule has 0 amide bonds. The van der Waals surface area contributed by atoms with Crippen LogP contribution in [0, 0.1) is 0 Å². The molecule has 21 nitrogen and oxygen atoms in total. The average molecular weight is 934 g/mol. The first kappa shape index (κ1) is 44.6. The topological polar surface area (TPSA) is 313 Å². The highest BCUT2D eigenvalue weighted by atomic mass is 32.2. The van der Waals surface area contributed by atoms with E-state index in [0.29, 0.717) is 50.5 Å². The summed E-state index contributed by atoms with van der Waals surface area (Å²) in [7, 11) is -9.09. The maximum atomic E-state index is 12.1. The first-order valence-electron chi connectivity index (χ1n) is 17.4. The molecule has 0 heterocycles. The summed E-state index contributed by atoms with van der Waals surface area (Å²) in [5.74, 6) is -0.809. The van der Waals surface area contributed by atoms with Gasteiger partial charge in [0, 0.05) is 38.5 Å². The molecular weight excluding hydrogens is 907 g/mol. The van der Waals surface area contributed by atoms with Gasteiger partial charge in [0.15, 0.2) is 5.75 Å². The second-order valence-electron chi connectivity index (χ2n) is 12.6. The van der Waals surface area contributed by atoms with E-state index in [1.807, 2.05) is 0 Å². The fourth-order valence-electron chi connectivity index (χ4n) is 5.80. The molecule has 0 aromatic heterocycles. The van der Waals surface area contributed by atoms with Gasteiger partial charge in [-0.15, -0.1) is 29.1 Å². The molecule has 0 radical (unpaired) electrons. The Morgan fingerprint density at radius 1 is 0.524 bits per heavy atom. The predicted molar refractivity (Wildman–Crippen MR) is 227 cm³/mol. The number of azo groups is 3. The molecule has 7 rings (SSSR count). The highest BCUT2D eigenvalue weighted by Gasteiger charge is 2.18. The maximum absolute atomic E-state index is 12.1. The van der Waals surface area contributed by atoms with Gasteiger partial charge in [-0.3, -0.25) is 9.11 Å². The Hall–Kier alpha value is -6.46. The zero-order chi connectivity index (χ0) is 44.7. The normalized spacial score (nSPS) is 12.4. The number of hydrogen-bond acceptors (Lipinski definition) is 21. The molecule has 0 fully saturated rings. The van der Waals surface area contributed by atoms with E-state index in [1.54, 1.807) is 54.6 Å². The first-order valence-corrected chi connectivity index (χ1v) is 21.7. The van der Waals surface area contributed by atoms with Crippen LogP contribution in [0.5, 0.6) is 11.5 Å². The first-order chi connectivity index (χ1) is 30.2. The van der Waals surface area contributed by atoms with Crippen LogP contribution in [0.2, 0.25) is 0 Å². The van der Waals surface area contributed by atoms with Crippen LogP contribution in [-0.2, 0) is 39.0 Å². The van der Waals surface area contributed by atoms with Crippen molar-refractivity contribution < 1.29 is 65.4 Å². The van der Waals surface area contributed by atoms with Gasteiger partial charge in [0.05, 0.1) is 61.5 Å². The molecule has 7 aromatic carbocycles. The fraction of sp³-hybridized carbons (Fsp3) is 0. The fourth-order valence-corrected chi connectivity index (χ4v) is 7.74. The van der Waals surface area contributed by atoms with Crippen molar-refractivity contribution in [2.24, 2.45) is 30.7 Å². The Labute approximate surface area is 363 Å². The number of anilines is 2. The number of nitrogens with zero attached hydrogens (tertiary/aromatic N) is 6. The third kappa shape index (κ3) is 11.0. The van der Waals surface area contributed by atoms with Crippen LogP contribution in [-0.4, -0.2) is 46.7 Å². The van der Waals surface area contributed by atoms with Gasteiger partial charge in [-0.1, -0.05) is 34.3 Å². The lowest BCUT2D eigenvalue weighted by Gasteiger charge is -2.12. The Kier molecular flexibility index (Phi) is 13.7. The second-order valence-corrected chi connectivity index (χ2v) is 17.0. The minimum Gasteiger partial charge on any atom is -0.506 e. The smallest absolute Gasteiger partial charge is 0.294 e. The number of nitrogens with one attached hydrogen (secondary N) is 1. The summed E-state index contributed by atoms with van der Waals surface area (Å²) in [5, 5.41) is 76.4. The number of rotatable bonds is 16. The van der Waals surface area contributed by atoms with Gasteiger partial charge in [-0.25, -0.2) is 10.5 Å². The van der Waals surface area contributed by atoms with Crippen molar-refractivity contribution in [1.82, 2.24) is 0 Å². The lowest BCUT2D eigenvalue weighted by Crippen LogP contribution is -1.99. The molecule has 0 saturated heterocycles. The molecular formula is C38H27N7O14S4. The van der Waals surface area contributed by atoms with Gasteiger partial charge in [-0.2, -0.15) is 27.1 Å². The molecule has 0 aliphatic carbocycles. The Morgan fingerprint density at radius 3 is 1.87 bits per heavy atom. The van der Waals surface area contributed by atoms with E-state index in [9.17, 15) is 36.2 Å². The Bertz CT molecular complexity index is 3190. The largest absolute Gasteiger partial charge is 0.506 e. The van der Waals surface area contributed by atoms with Crippen LogP contribution in [0.3, 0.4) is 0 Å². The van der Waals surface area contributed by atoms with E-state index < -0.39 is 36.6 Å². The minimum absolute atomic E-state index is 0.0748. The van der Waals surface area contributed by atoms with E-state index in [0.717, 1.165) is 12.0 Å². The van der Waals surface area contributed by atoms with Crippen molar-refractivity contribution in [3.05, 3.63) is 121 Å². The Balaban J connectivity index is 1.17. The third-order valence-corrected chi connectivity index (χ3v) is 11.5. The summed E-state index contributed by atoms with van der Waals surface area (Å²) in [4.78, 5) is -0.0744. The molecule has 0 atom stereocenters. The highest BCUT2D eigenvalue weighted by Crippen LogP contribution is 2.46. The number of fused-ring (bicyclic) bond motifs is 2. The Morgan fingerprint density at radius 2 is 1.16 bits per heavy atom. The van der Waals surface area contributed by atoms with Crippen molar-refractivity contribution in [3.8, 4) is 11.5 Å². The van der Waals surface area contributed by atoms with Gasteiger partial charge in [0.25, 0.3) is 20.2 Å². The van der Waals surface area contributed by atoms with E-state index >= 15 is 0 Å². The molecule has 7 aromatic rings. The molecule has 7 N–H and O–H groups in total. The lowest BCUT2D eigenvalue weighted by atomic mass is 10.1. The number of phenols is 2. The summed E-state index contributed by atoms with van der Waals surface area (Å²) in [6, 6.07) is 29.2. The third-order valence-electron chi connectivity index (χ3n) is 8.61. The molecule has 0 unspecified atom stereocenters. The SMILES string of the molecule is O=S(=O)(O)c1cccc(Nc2ccc3cc(SOOO)c(N=Nc4ccc(N=Nc5ccc(N=Nc6cccc(SOOO)c6)c6ccc(S(=O)(=O)O)cc56)cc4O)c(O)c3c2)c1. The standard InChI is InChI=1S/C38H27N7O14S4/c46-35-19-25(41-43-33-14-13-32(29-11-10-28(20-31(29)33)63(53,54)55)42-40-24-4-1-5-26(16-24)60-58-56-48)9-12-34(35)44-45-37-36(61-59-57-49)15-21-7-8-23(18-30(21)38(37)47)39-22-3-2-6-27(17-22)62(50,51)52/h1-20,39,46-49H,(H,50,51,52)(H,53,54,55). The summed E-state index contributed by atoms with van der Waals surface area (Å²) in [5.41, 5.74) is 1.50. The molecule has 63 heavy (non-hydrogen) atoms. The highest BCUT2D eigenvalue weighted by molar-refractivity contribution is 7.95. The van der Waals surface area contributed by atoms with Crippen LogP contribution < -0.4 is 5.32 Å². The number of benzene rings is 7. The van der Waals surface area contributed by atoms with Crippen molar-refractivity contribution >= 4 is 111 Å². The molecule has 0 aliphatic heterocycles. The van der Waals surface area contributed by atoms with E-state index in [4.69, 9.17) is 10.5 Å². The van der Waals surface area contributed by atoms with Gasteiger partial charge in [0.1, 0.15) is 17.1 Å². The zero-order valence-electron chi connectivity index (χ0n) is 31.3. The molecule has 0 saturated carbocycles. The molecule has 0 bridgehead atoms. The average Bonchev–Trinajstić information content (AvgIpc) is 3.26. The monoisotopic (exact) mass is 933 g/mol. The summed E-state index contributed by atoms with van der Waals surface area (Å²) in [6.45, 7) is 0. The molecule has 322 valence electrons. The van der Waals surface area contributed by atoms with E-state index in [2.05, 4.69) is 54.7 Å². The molecule has 0 spiro atoms. The van der Waals surface area contributed by atoms with Crippen molar-refractivity contribution in [2.45, 2.75) is 19.6 Å². The maximum Gasteiger partial charge on any atom is 0.294 e. The lowest BCUT2D eigenvalue weighted by molar-refractivity contribution is -0.432. The van der Waals surface area contributed by atoms with Crippen LogP contribution in [0.15, 0.2) is 172 Å². The van der Waals surface area contributed by atoms with Crippen molar-refractivity contribution in [2.75, 3.05) is 5.32 Å². The number of hydrogen-bond donors (Lipinski definition) is 7. The van der Waals surface area contributed by atoms with Gasteiger partial charge >= 0.3 is 0 Å². The van der Waals surface area contributed by atoms with E-state index in [-0.39, 0.29) is 43.3 Å². The van der Waals surface area contributed by atoms with Crippen LogP contribution in [0.25, 0.3) is 21.5 Å². The summed E-state index contributed by atoms with van der Waals surface area (Å²) in [6.07, 6.45) is 0. The second kappa shape index (κ2) is 19.3. The van der Waals surface area contributed by atoms with E-state index in [1.165, 1.54) is 66.7 Å². The number of phenolic OH excluding ortho intramolecular Hbond substituents is 2. The summed E-state index contributed by atoms with van der Waals surface area (Å²) < 4.78 is 75.6. The number of aromatic hydroxyl groups is 2. The van der Waals surface area contributed by atoms with Crippen LogP contribution in [0.4, 0.5) is 45.5 Å². The molecule has 25 heteroatoms.